The molecule has 1 aromatic carbocycles. The Labute approximate surface area is 189 Å². The molecular formula is C20H31IN4O4. The summed E-state index contributed by atoms with van der Waals surface area (Å²) in [7, 11) is 3.02. The molecule has 1 amide bonds. The Bertz CT molecular complexity index is 696. The topological polar surface area (TPSA) is 92.3 Å². The summed E-state index contributed by atoms with van der Waals surface area (Å²) in [5, 5.41) is 6.06. The number of likely N-dealkylation sites (tertiary alicyclic amines) is 1. The van der Waals surface area contributed by atoms with Crippen LogP contribution in [0, 0.1) is 11.8 Å². The molecule has 1 fully saturated rings. The SMILES string of the molecule is CCNC(=NCC(=O)NCc1ccc(OC)cc1)N1CC(C)C(C(=O)OC)C1.I. The zero-order chi connectivity index (χ0) is 20.5. The Morgan fingerprint density at radius 3 is 2.45 bits per heavy atom. The number of methoxy groups -OCH3 is 2. The number of ether oxygens (including phenoxy) is 2. The van der Waals surface area contributed by atoms with E-state index in [1.165, 1.54) is 7.11 Å². The van der Waals surface area contributed by atoms with Gasteiger partial charge in [-0.15, -0.1) is 24.0 Å². The lowest BCUT2D eigenvalue weighted by molar-refractivity contribution is -0.146. The van der Waals surface area contributed by atoms with Gasteiger partial charge in [-0.1, -0.05) is 19.1 Å². The highest BCUT2D eigenvalue weighted by atomic mass is 127. The van der Waals surface area contributed by atoms with E-state index in [9.17, 15) is 9.59 Å². The van der Waals surface area contributed by atoms with Crippen LogP contribution in [0.3, 0.4) is 0 Å². The number of carbonyl (C=O) groups is 2. The molecule has 162 valence electrons. The van der Waals surface area contributed by atoms with Crippen LogP contribution in [-0.2, 0) is 20.9 Å². The second-order valence-corrected chi connectivity index (χ2v) is 6.81. The van der Waals surface area contributed by atoms with Gasteiger partial charge in [-0.05, 0) is 30.5 Å². The molecule has 2 N–H and O–H groups in total. The van der Waals surface area contributed by atoms with Crippen LogP contribution in [0.15, 0.2) is 29.3 Å². The van der Waals surface area contributed by atoms with Crippen molar-refractivity contribution in [2.75, 3.05) is 40.4 Å². The molecule has 1 aromatic rings. The highest BCUT2D eigenvalue weighted by Crippen LogP contribution is 2.24. The summed E-state index contributed by atoms with van der Waals surface area (Å²) >= 11 is 0. The number of aliphatic imine (C=N–C) groups is 1. The Morgan fingerprint density at radius 2 is 1.86 bits per heavy atom. The summed E-state index contributed by atoms with van der Waals surface area (Å²) in [5.41, 5.74) is 0.985. The lowest BCUT2D eigenvalue weighted by Gasteiger charge is -2.21. The van der Waals surface area contributed by atoms with Gasteiger partial charge in [-0.3, -0.25) is 9.59 Å². The lowest BCUT2D eigenvalue weighted by atomic mass is 9.99. The van der Waals surface area contributed by atoms with Crippen LogP contribution in [0.2, 0.25) is 0 Å². The van der Waals surface area contributed by atoms with E-state index in [2.05, 4.69) is 15.6 Å². The number of amides is 1. The average Bonchev–Trinajstić information content (AvgIpc) is 3.10. The highest BCUT2D eigenvalue weighted by molar-refractivity contribution is 14.0. The molecule has 2 atom stereocenters. The summed E-state index contributed by atoms with van der Waals surface area (Å²) in [6, 6.07) is 7.53. The fourth-order valence-corrected chi connectivity index (χ4v) is 3.17. The molecule has 0 spiro atoms. The minimum absolute atomic E-state index is 0. The molecule has 0 radical (unpaired) electrons. The summed E-state index contributed by atoms with van der Waals surface area (Å²) in [6.07, 6.45) is 0. The summed E-state index contributed by atoms with van der Waals surface area (Å²) < 4.78 is 10.0. The lowest BCUT2D eigenvalue weighted by Crippen LogP contribution is -2.41. The molecule has 9 heteroatoms. The molecule has 1 aliphatic heterocycles. The molecule has 0 saturated carbocycles. The Kier molecular flexibility index (Phi) is 10.8. The Balaban J connectivity index is 0.00000420. The number of carbonyl (C=O) groups excluding carboxylic acids is 2. The van der Waals surface area contributed by atoms with Crippen molar-refractivity contribution in [3.8, 4) is 5.75 Å². The predicted molar refractivity (Wildman–Crippen MR) is 122 cm³/mol. The number of rotatable bonds is 7. The third-order valence-corrected chi connectivity index (χ3v) is 4.77. The Hall–Kier alpha value is -2.04. The van der Waals surface area contributed by atoms with Gasteiger partial charge in [0.05, 0.1) is 20.1 Å². The van der Waals surface area contributed by atoms with Crippen molar-refractivity contribution in [2.24, 2.45) is 16.8 Å². The van der Waals surface area contributed by atoms with Gasteiger partial charge in [0.1, 0.15) is 12.3 Å². The third kappa shape index (κ3) is 7.37. The van der Waals surface area contributed by atoms with Crippen LogP contribution < -0.4 is 15.4 Å². The van der Waals surface area contributed by atoms with E-state index in [-0.39, 0.29) is 54.2 Å². The number of nitrogens with zero attached hydrogens (tertiary/aromatic N) is 2. The quantitative estimate of drug-likeness (QED) is 0.247. The molecule has 0 bridgehead atoms. The van der Waals surface area contributed by atoms with Crippen molar-refractivity contribution in [1.82, 2.24) is 15.5 Å². The fraction of sp³-hybridized carbons (Fsp3) is 0.550. The van der Waals surface area contributed by atoms with E-state index in [1.54, 1.807) is 7.11 Å². The molecule has 0 aromatic heterocycles. The average molecular weight is 518 g/mol. The zero-order valence-electron chi connectivity index (χ0n) is 17.4. The van der Waals surface area contributed by atoms with Crippen molar-refractivity contribution in [3.05, 3.63) is 29.8 Å². The Morgan fingerprint density at radius 1 is 1.17 bits per heavy atom. The molecule has 2 rings (SSSR count). The number of guanidine groups is 1. The standard InChI is InChI=1S/C20H30N4O4.HI/c1-5-21-20(24-12-14(2)17(13-24)19(26)28-4)23-11-18(25)22-10-15-6-8-16(27-3)9-7-15;/h6-9,14,17H,5,10-13H2,1-4H3,(H,21,23)(H,22,25);1H. The summed E-state index contributed by atoms with van der Waals surface area (Å²) in [5.74, 6) is 1.03. The van der Waals surface area contributed by atoms with Gasteiger partial charge in [0.25, 0.3) is 0 Å². The summed E-state index contributed by atoms with van der Waals surface area (Å²) in [4.78, 5) is 30.5. The van der Waals surface area contributed by atoms with Gasteiger partial charge in [0.15, 0.2) is 5.96 Å². The number of esters is 1. The zero-order valence-corrected chi connectivity index (χ0v) is 19.8. The van der Waals surface area contributed by atoms with Gasteiger partial charge in [-0.25, -0.2) is 4.99 Å². The van der Waals surface area contributed by atoms with Crippen molar-refractivity contribution in [1.29, 1.82) is 0 Å². The normalized spacial score (nSPS) is 18.6. The molecular weight excluding hydrogens is 487 g/mol. The highest BCUT2D eigenvalue weighted by Gasteiger charge is 2.36. The van der Waals surface area contributed by atoms with E-state index < -0.39 is 0 Å². The van der Waals surface area contributed by atoms with Gasteiger partial charge in [0, 0.05) is 26.2 Å². The van der Waals surface area contributed by atoms with Crippen LogP contribution in [0.25, 0.3) is 0 Å². The molecule has 1 saturated heterocycles. The first-order chi connectivity index (χ1) is 13.5. The van der Waals surface area contributed by atoms with E-state index in [0.717, 1.165) is 11.3 Å². The largest absolute Gasteiger partial charge is 0.497 e. The van der Waals surface area contributed by atoms with Crippen molar-refractivity contribution in [3.63, 3.8) is 0 Å². The first-order valence-electron chi connectivity index (χ1n) is 9.49. The predicted octanol–water partition coefficient (Wildman–Crippen LogP) is 1.64. The van der Waals surface area contributed by atoms with Gasteiger partial charge >= 0.3 is 5.97 Å². The van der Waals surface area contributed by atoms with Crippen LogP contribution in [0.1, 0.15) is 19.4 Å². The number of benzene rings is 1. The number of hydrogen-bond acceptors (Lipinski definition) is 5. The van der Waals surface area contributed by atoms with Gasteiger partial charge in [0.2, 0.25) is 5.91 Å². The maximum Gasteiger partial charge on any atom is 0.310 e. The van der Waals surface area contributed by atoms with Crippen molar-refractivity contribution >= 4 is 41.8 Å². The first kappa shape index (κ1) is 25.0. The smallest absolute Gasteiger partial charge is 0.310 e. The minimum atomic E-state index is -0.205. The monoisotopic (exact) mass is 518 g/mol. The second-order valence-electron chi connectivity index (χ2n) is 6.81. The maximum atomic E-state index is 12.2. The number of halogens is 1. The van der Waals surface area contributed by atoms with Crippen molar-refractivity contribution < 1.29 is 19.1 Å². The maximum absolute atomic E-state index is 12.2. The molecule has 8 nitrogen and oxygen atoms in total. The fourth-order valence-electron chi connectivity index (χ4n) is 3.17. The van der Waals surface area contributed by atoms with Crippen molar-refractivity contribution in [2.45, 2.75) is 20.4 Å². The number of nitrogens with one attached hydrogen (secondary N) is 2. The van der Waals surface area contributed by atoms with Crippen LogP contribution >= 0.6 is 24.0 Å². The summed E-state index contributed by atoms with van der Waals surface area (Å²) in [6.45, 7) is 6.35. The van der Waals surface area contributed by atoms with Gasteiger partial charge in [-0.2, -0.15) is 0 Å². The number of hydrogen-bond donors (Lipinski definition) is 2. The van der Waals surface area contributed by atoms with Crippen LogP contribution in [0.5, 0.6) is 5.75 Å². The second kappa shape index (κ2) is 12.5. The van der Waals surface area contributed by atoms with Crippen LogP contribution in [0.4, 0.5) is 0 Å². The molecule has 0 aliphatic carbocycles. The van der Waals surface area contributed by atoms with Crippen LogP contribution in [-0.4, -0.2) is 63.1 Å². The molecule has 29 heavy (non-hydrogen) atoms. The van der Waals surface area contributed by atoms with E-state index >= 15 is 0 Å². The molecule has 2 unspecified atom stereocenters. The first-order valence-corrected chi connectivity index (χ1v) is 9.49. The van der Waals surface area contributed by atoms with Gasteiger partial charge < -0.3 is 25.0 Å². The third-order valence-electron chi connectivity index (χ3n) is 4.77. The molecule has 1 heterocycles. The van der Waals surface area contributed by atoms with E-state index in [1.807, 2.05) is 43.0 Å². The van der Waals surface area contributed by atoms with E-state index in [4.69, 9.17) is 9.47 Å². The minimum Gasteiger partial charge on any atom is -0.497 e. The molecule has 1 aliphatic rings. The van der Waals surface area contributed by atoms with E-state index in [0.29, 0.717) is 32.1 Å².